The van der Waals surface area contributed by atoms with Crippen LogP contribution in [0.2, 0.25) is 0 Å². The van der Waals surface area contributed by atoms with Crippen LogP contribution in [0, 0.1) is 0 Å². The average Bonchev–Trinajstić information content (AvgIpc) is 2.44. The third-order valence-corrected chi connectivity index (χ3v) is 2.73. The van der Waals surface area contributed by atoms with Gasteiger partial charge in [-0.1, -0.05) is 0 Å². The predicted octanol–water partition coefficient (Wildman–Crippen LogP) is 1.52. The quantitative estimate of drug-likeness (QED) is 0.715. The van der Waals surface area contributed by atoms with Gasteiger partial charge in [-0.25, -0.2) is 0 Å². The SMILES string of the molecule is ClC1COCCN(Cc2ccncc2)C1. The van der Waals surface area contributed by atoms with Crippen molar-refractivity contribution >= 4 is 11.6 Å². The molecule has 0 saturated carbocycles. The molecule has 4 heteroatoms. The molecule has 0 spiro atoms. The van der Waals surface area contributed by atoms with E-state index in [4.69, 9.17) is 16.3 Å². The summed E-state index contributed by atoms with van der Waals surface area (Å²) in [5.41, 5.74) is 1.27. The van der Waals surface area contributed by atoms with Crippen molar-refractivity contribution in [1.29, 1.82) is 0 Å². The molecule has 0 aliphatic carbocycles. The topological polar surface area (TPSA) is 25.4 Å². The zero-order chi connectivity index (χ0) is 10.5. The van der Waals surface area contributed by atoms with Gasteiger partial charge in [-0.2, -0.15) is 0 Å². The van der Waals surface area contributed by atoms with E-state index in [0.717, 1.165) is 26.2 Å². The van der Waals surface area contributed by atoms with Crippen LogP contribution < -0.4 is 0 Å². The zero-order valence-corrected chi connectivity index (χ0v) is 9.36. The van der Waals surface area contributed by atoms with Gasteiger partial charge in [0, 0.05) is 32.0 Å². The summed E-state index contributed by atoms with van der Waals surface area (Å²) in [5.74, 6) is 0. The Morgan fingerprint density at radius 3 is 3.07 bits per heavy atom. The summed E-state index contributed by atoms with van der Waals surface area (Å²) in [5, 5.41) is 0.106. The molecule has 82 valence electrons. The van der Waals surface area contributed by atoms with E-state index in [1.54, 1.807) is 0 Å². The molecular weight excluding hydrogens is 212 g/mol. The lowest BCUT2D eigenvalue weighted by Gasteiger charge is -2.20. The Balaban J connectivity index is 1.93. The summed E-state index contributed by atoms with van der Waals surface area (Å²) in [6.07, 6.45) is 3.64. The van der Waals surface area contributed by atoms with Crippen LogP contribution in [0.4, 0.5) is 0 Å². The summed E-state index contributed by atoms with van der Waals surface area (Å²) in [7, 11) is 0. The van der Waals surface area contributed by atoms with Gasteiger partial charge >= 0.3 is 0 Å². The van der Waals surface area contributed by atoms with Gasteiger partial charge in [0.25, 0.3) is 0 Å². The van der Waals surface area contributed by atoms with E-state index in [1.807, 2.05) is 24.5 Å². The second kappa shape index (κ2) is 5.45. The third kappa shape index (κ3) is 3.45. The normalized spacial score (nSPS) is 23.7. The molecule has 2 rings (SSSR count). The molecule has 0 amide bonds. The van der Waals surface area contributed by atoms with Crippen LogP contribution in [0.5, 0.6) is 0 Å². The van der Waals surface area contributed by atoms with Gasteiger partial charge in [-0.05, 0) is 17.7 Å². The fourth-order valence-corrected chi connectivity index (χ4v) is 2.00. The smallest absolute Gasteiger partial charge is 0.0696 e. The zero-order valence-electron chi connectivity index (χ0n) is 8.60. The number of hydrogen-bond acceptors (Lipinski definition) is 3. The van der Waals surface area contributed by atoms with Gasteiger partial charge in [-0.15, -0.1) is 11.6 Å². The number of pyridine rings is 1. The molecule has 1 aromatic heterocycles. The van der Waals surface area contributed by atoms with Crippen molar-refractivity contribution in [1.82, 2.24) is 9.88 Å². The molecule has 0 aromatic carbocycles. The molecule has 1 aromatic rings. The van der Waals surface area contributed by atoms with E-state index in [-0.39, 0.29) is 5.38 Å². The summed E-state index contributed by atoms with van der Waals surface area (Å²) < 4.78 is 5.39. The molecule has 2 heterocycles. The summed E-state index contributed by atoms with van der Waals surface area (Å²) in [6.45, 7) is 4.20. The molecule has 3 nitrogen and oxygen atoms in total. The van der Waals surface area contributed by atoms with Crippen molar-refractivity contribution in [2.75, 3.05) is 26.3 Å². The monoisotopic (exact) mass is 226 g/mol. The fourth-order valence-electron chi connectivity index (χ4n) is 1.72. The van der Waals surface area contributed by atoms with Crippen molar-refractivity contribution in [3.63, 3.8) is 0 Å². The highest BCUT2D eigenvalue weighted by Crippen LogP contribution is 2.09. The lowest BCUT2D eigenvalue weighted by molar-refractivity contribution is 0.141. The minimum absolute atomic E-state index is 0.106. The number of aromatic nitrogens is 1. The van der Waals surface area contributed by atoms with Gasteiger partial charge in [0.1, 0.15) is 0 Å². The first kappa shape index (κ1) is 10.9. The highest BCUT2D eigenvalue weighted by atomic mass is 35.5. The van der Waals surface area contributed by atoms with E-state index in [1.165, 1.54) is 5.56 Å². The Kier molecular flexibility index (Phi) is 3.94. The van der Waals surface area contributed by atoms with Crippen LogP contribution in [0.15, 0.2) is 24.5 Å². The van der Waals surface area contributed by atoms with Crippen LogP contribution in [0.25, 0.3) is 0 Å². The molecule has 1 saturated heterocycles. The van der Waals surface area contributed by atoms with Crippen molar-refractivity contribution < 1.29 is 4.74 Å². The highest BCUT2D eigenvalue weighted by Gasteiger charge is 2.16. The molecule has 1 aliphatic heterocycles. The minimum Gasteiger partial charge on any atom is -0.379 e. The predicted molar refractivity (Wildman–Crippen MR) is 60.0 cm³/mol. The van der Waals surface area contributed by atoms with Crippen LogP contribution in [-0.2, 0) is 11.3 Å². The molecule has 1 fully saturated rings. The molecule has 0 N–H and O–H groups in total. The Morgan fingerprint density at radius 1 is 1.47 bits per heavy atom. The minimum atomic E-state index is 0.106. The van der Waals surface area contributed by atoms with Crippen molar-refractivity contribution in [2.24, 2.45) is 0 Å². The first-order valence-electron chi connectivity index (χ1n) is 5.17. The first-order valence-corrected chi connectivity index (χ1v) is 5.61. The van der Waals surface area contributed by atoms with Gasteiger partial charge in [-0.3, -0.25) is 9.88 Å². The Hall–Kier alpha value is -0.640. The molecule has 0 bridgehead atoms. The number of ether oxygens (including phenoxy) is 1. The number of rotatable bonds is 2. The molecule has 0 radical (unpaired) electrons. The second-order valence-corrected chi connectivity index (χ2v) is 4.38. The number of alkyl halides is 1. The van der Waals surface area contributed by atoms with E-state index >= 15 is 0 Å². The van der Waals surface area contributed by atoms with E-state index in [9.17, 15) is 0 Å². The van der Waals surface area contributed by atoms with Gasteiger partial charge in [0.05, 0.1) is 18.6 Å². The van der Waals surface area contributed by atoms with Crippen LogP contribution >= 0.6 is 11.6 Å². The van der Waals surface area contributed by atoms with E-state index in [0.29, 0.717) is 6.61 Å². The van der Waals surface area contributed by atoms with Crippen LogP contribution in [0.1, 0.15) is 5.56 Å². The van der Waals surface area contributed by atoms with Crippen LogP contribution in [-0.4, -0.2) is 41.6 Å². The Labute approximate surface area is 95.0 Å². The van der Waals surface area contributed by atoms with Crippen molar-refractivity contribution in [3.05, 3.63) is 30.1 Å². The Morgan fingerprint density at radius 2 is 2.27 bits per heavy atom. The number of halogens is 1. The maximum absolute atomic E-state index is 6.10. The third-order valence-electron chi connectivity index (χ3n) is 2.46. The summed E-state index contributed by atoms with van der Waals surface area (Å²) in [6, 6.07) is 4.07. The fraction of sp³-hybridized carbons (Fsp3) is 0.545. The lowest BCUT2D eigenvalue weighted by atomic mass is 10.2. The number of hydrogen-bond donors (Lipinski definition) is 0. The molecular formula is C11H15ClN2O. The first-order chi connectivity index (χ1) is 7.34. The van der Waals surface area contributed by atoms with Crippen molar-refractivity contribution in [3.8, 4) is 0 Å². The second-order valence-electron chi connectivity index (χ2n) is 3.76. The summed E-state index contributed by atoms with van der Waals surface area (Å²) in [4.78, 5) is 6.32. The highest BCUT2D eigenvalue weighted by molar-refractivity contribution is 6.20. The molecule has 1 unspecified atom stereocenters. The standard InChI is InChI=1S/C11H15ClN2O/c12-11-8-14(5-6-15-9-11)7-10-1-3-13-4-2-10/h1-4,11H,5-9H2. The Bertz CT molecular complexity index is 294. The van der Waals surface area contributed by atoms with Crippen LogP contribution in [0.3, 0.4) is 0 Å². The van der Waals surface area contributed by atoms with Crippen molar-refractivity contribution in [2.45, 2.75) is 11.9 Å². The number of nitrogens with zero attached hydrogens (tertiary/aromatic N) is 2. The maximum atomic E-state index is 6.10. The maximum Gasteiger partial charge on any atom is 0.0696 e. The van der Waals surface area contributed by atoms with Gasteiger partial charge in [0.15, 0.2) is 0 Å². The largest absolute Gasteiger partial charge is 0.379 e. The van der Waals surface area contributed by atoms with Gasteiger partial charge in [0.2, 0.25) is 0 Å². The molecule has 1 aliphatic rings. The van der Waals surface area contributed by atoms with Gasteiger partial charge < -0.3 is 4.74 Å². The summed E-state index contributed by atoms with van der Waals surface area (Å²) >= 11 is 6.10. The van der Waals surface area contributed by atoms with E-state index < -0.39 is 0 Å². The molecule has 15 heavy (non-hydrogen) atoms. The lowest BCUT2D eigenvalue weighted by Crippen LogP contribution is -2.29. The molecule has 1 atom stereocenters. The average molecular weight is 227 g/mol. The van der Waals surface area contributed by atoms with E-state index in [2.05, 4.69) is 9.88 Å².